The predicted molar refractivity (Wildman–Crippen MR) is 115 cm³/mol. The summed E-state index contributed by atoms with van der Waals surface area (Å²) in [5, 5.41) is 12.2. The maximum atomic E-state index is 12.3. The smallest absolute Gasteiger partial charge is 0.262 e. The van der Waals surface area contributed by atoms with Gasteiger partial charge in [-0.1, -0.05) is 62.6 Å². The highest BCUT2D eigenvalue weighted by Crippen LogP contribution is 2.29. The minimum atomic E-state index is -0.411. The van der Waals surface area contributed by atoms with E-state index in [1.807, 2.05) is 42.5 Å². The second-order valence-corrected chi connectivity index (χ2v) is 6.66. The highest BCUT2D eigenvalue weighted by atomic mass is 16.5. The fourth-order valence-corrected chi connectivity index (χ4v) is 2.79. The van der Waals surface area contributed by atoms with Gasteiger partial charge in [-0.25, -0.2) is 0 Å². The number of rotatable bonds is 11. The lowest BCUT2D eigenvalue weighted by Crippen LogP contribution is -2.23. The van der Waals surface area contributed by atoms with Crippen molar-refractivity contribution in [3.05, 3.63) is 65.2 Å². The molecule has 0 aliphatic carbocycles. The summed E-state index contributed by atoms with van der Waals surface area (Å²) >= 11 is 0. The molecule has 0 unspecified atom stereocenters. The number of hydrogen-bond donors (Lipinski definition) is 1. The first kappa shape index (κ1) is 22.0. The predicted octanol–water partition coefficient (Wildman–Crippen LogP) is 4.88. The van der Waals surface area contributed by atoms with Gasteiger partial charge in [-0.05, 0) is 35.8 Å². The molecule has 0 bridgehead atoms. The first-order chi connectivity index (χ1) is 14.2. The van der Waals surface area contributed by atoms with Crippen LogP contribution in [0.5, 0.6) is 11.5 Å². The average Bonchev–Trinajstić information content (AvgIpc) is 2.76. The zero-order chi connectivity index (χ0) is 20.9. The number of unbranched alkanes of at least 4 members (excludes halogenated alkanes) is 3. The van der Waals surface area contributed by atoms with Crippen LogP contribution in [0.2, 0.25) is 0 Å². The summed E-state index contributed by atoms with van der Waals surface area (Å²) in [5.74, 6) is 0.830. The van der Waals surface area contributed by atoms with E-state index in [1.54, 1.807) is 25.3 Å². The Bertz CT molecular complexity index is 854. The lowest BCUT2D eigenvalue weighted by atomic mass is 10.1. The third kappa shape index (κ3) is 7.34. The molecule has 2 aromatic rings. The second kappa shape index (κ2) is 12.2. The van der Waals surface area contributed by atoms with Crippen molar-refractivity contribution in [2.24, 2.45) is 0 Å². The topological polar surface area (TPSA) is 71.3 Å². The Balaban J connectivity index is 2.02. The van der Waals surface area contributed by atoms with Gasteiger partial charge >= 0.3 is 0 Å². The van der Waals surface area contributed by atoms with Crippen molar-refractivity contribution in [2.75, 3.05) is 13.7 Å². The van der Waals surface area contributed by atoms with Gasteiger partial charge in [0.15, 0.2) is 11.5 Å². The third-order valence-corrected chi connectivity index (χ3v) is 4.42. The normalized spacial score (nSPS) is 10.9. The quantitative estimate of drug-likeness (QED) is 0.336. The SMILES string of the molecule is CCCCCCOc1ccc(/C=C(\C#N)C(=O)NCc2ccccc2)cc1OC. The highest BCUT2D eigenvalue weighted by Gasteiger charge is 2.10. The van der Waals surface area contributed by atoms with E-state index in [1.165, 1.54) is 12.8 Å². The van der Waals surface area contributed by atoms with E-state index >= 15 is 0 Å². The lowest BCUT2D eigenvalue weighted by Gasteiger charge is -2.11. The van der Waals surface area contributed by atoms with Crippen LogP contribution in [0.15, 0.2) is 54.1 Å². The first-order valence-corrected chi connectivity index (χ1v) is 9.92. The van der Waals surface area contributed by atoms with Gasteiger partial charge in [-0.2, -0.15) is 5.26 Å². The molecule has 0 aliphatic heterocycles. The molecule has 5 nitrogen and oxygen atoms in total. The largest absolute Gasteiger partial charge is 0.493 e. The molecule has 0 fully saturated rings. The third-order valence-electron chi connectivity index (χ3n) is 4.42. The van der Waals surface area contributed by atoms with Crippen LogP contribution in [0, 0.1) is 11.3 Å². The van der Waals surface area contributed by atoms with E-state index in [9.17, 15) is 10.1 Å². The molecule has 0 saturated heterocycles. The minimum absolute atomic E-state index is 0.0382. The molecular weight excluding hydrogens is 364 g/mol. The Hall–Kier alpha value is -3.26. The number of methoxy groups -OCH3 is 1. The zero-order valence-corrected chi connectivity index (χ0v) is 17.1. The zero-order valence-electron chi connectivity index (χ0n) is 17.1. The molecule has 1 N–H and O–H groups in total. The van der Waals surface area contributed by atoms with Crippen molar-refractivity contribution in [1.29, 1.82) is 5.26 Å². The number of carbonyl (C=O) groups is 1. The maximum absolute atomic E-state index is 12.3. The summed E-state index contributed by atoms with van der Waals surface area (Å²) in [4.78, 5) is 12.3. The molecule has 2 aromatic carbocycles. The number of nitrogens with zero attached hydrogens (tertiary/aromatic N) is 1. The second-order valence-electron chi connectivity index (χ2n) is 6.66. The fourth-order valence-electron chi connectivity index (χ4n) is 2.79. The molecule has 2 rings (SSSR count). The van der Waals surface area contributed by atoms with E-state index in [-0.39, 0.29) is 5.57 Å². The van der Waals surface area contributed by atoms with Crippen molar-refractivity contribution in [3.8, 4) is 17.6 Å². The molecule has 0 heterocycles. The molecule has 1 amide bonds. The lowest BCUT2D eigenvalue weighted by molar-refractivity contribution is -0.117. The number of hydrogen-bond acceptors (Lipinski definition) is 4. The van der Waals surface area contributed by atoms with E-state index in [0.29, 0.717) is 30.2 Å². The van der Waals surface area contributed by atoms with Gasteiger partial charge in [0.25, 0.3) is 5.91 Å². The molecule has 5 heteroatoms. The molecule has 0 saturated carbocycles. The summed E-state index contributed by atoms with van der Waals surface area (Å²) < 4.78 is 11.2. The number of carbonyl (C=O) groups excluding carboxylic acids is 1. The van der Waals surface area contributed by atoms with Crippen LogP contribution in [0.25, 0.3) is 6.08 Å². The molecule has 0 radical (unpaired) electrons. The van der Waals surface area contributed by atoms with Crippen molar-refractivity contribution < 1.29 is 14.3 Å². The van der Waals surface area contributed by atoms with Gasteiger partial charge in [-0.15, -0.1) is 0 Å². The van der Waals surface area contributed by atoms with Crippen molar-refractivity contribution >= 4 is 12.0 Å². The molecule has 0 atom stereocenters. The number of nitrogens with one attached hydrogen (secondary N) is 1. The van der Waals surface area contributed by atoms with E-state index in [2.05, 4.69) is 12.2 Å². The summed E-state index contributed by atoms with van der Waals surface area (Å²) in [5.41, 5.74) is 1.71. The van der Waals surface area contributed by atoms with Crippen LogP contribution in [-0.4, -0.2) is 19.6 Å². The Morgan fingerprint density at radius 2 is 1.90 bits per heavy atom. The van der Waals surface area contributed by atoms with Crippen LogP contribution in [0.4, 0.5) is 0 Å². The van der Waals surface area contributed by atoms with E-state index in [0.717, 1.165) is 18.4 Å². The summed E-state index contributed by atoms with van der Waals surface area (Å²) in [6, 6.07) is 16.9. The van der Waals surface area contributed by atoms with Crippen molar-refractivity contribution in [1.82, 2.24) is 5.32 Å². The Morgan fingerprint density at radius 3 is 2.59 bits per heavy atom. The Labute approximate surface area is 173 Å². The van der Waals surface area contributed by atoms with E-state index in [4.69, 9.17) is 9.47 Å². The Kier molecular flexibility index (Phi) is 9.31. The van der Waals surface area contributed by atoms with Crippen LogP contribution in [0.1, 0.15) is 43.7 Å². The number of nitriles is 1. The summed E-state index contributed by atoms with van der Waals surface area (Å²) in [6.07, 6.45) is 6.08. The highest BCUT2D eigenvalue weighted by molar-refractivity contribution is 6.01. The molecular formula is C24H28N2O3. The standard InChI is InChI=1S/C24H28N2O3/c1-3-4-5-9-14-29-22-13-12-20(16-23(22)28-2)15-21(17-25)24(27)26-18-19-10-7-6-8-11-19/h6-8,10-13,15-16H,3-5,9,14,18H2,1-2H3,(H,26,27)/b21-15+. The van der Waals surface area contributed by atoms with Gasteiger partial charge in [0.05, 0.1) is 13.7 Å². The summed E-state index contributed by atoms with van der Waals surface area (Å²) in [7, 11) is 1.57. The van der Waals surface area contributed by atoms with Gasteiger partial charge in [0.2, 0.25) is 0 Å². The molecule has 0 spiro atoms. The van der Waals surface area contributed by atoms with Crippen molar-refractivity contribution in [2.45, 2.75) is 39.2 Å². The molecule has 0 aliphatic rings. The molecule has 29 heavy (non-hydrogen) atoms. The van der Waals surface area contributed by atoms with Crippen LogP contribution in [-0.2, 0) is 11.3 Å². The van der Waals surface area contributed by atoms with Gasteiger partial charge in [0.1, 0.15) is 11.6 Å². The van der Waals surface area contributed by atoms with Crippen LogP contribution in [0.3, 0.4) is 0 Å². The first-order valence-electron chi connectivity index (χ1n) is 9.92. The molecule has 0 aromatic heterocycles. The maximum Gasteiger partial charge on any atom is 0.262 e. The van der Waals surface area contributed by atoms with Gasteiger partial charge < -0.3 is 14.8 Å². The average molecular weight is 392 g/mol. The molecule has 152 valence electrons. The monoisotopic (exact) mass is 392 g/mol. The van der Waals surface area contributed by atoms with E-state index < -0.39 is 5.91 Å². The number of ether oxygens (including phenoxy) is 2. The van der Waals surface area contributed by atoms with Gasteiger partial charge in [-0.3, -0.25) is 4.79 Å². The number of amides is 1. The van der Waals surface area contributed by atoms with Crippen molar-refractivity contribution in [3.63, 3.8) is 0 Å². The Morgan fingerprint density at radius 1 is 1.10 bits per heavy atom. The minimum Gasteiger partial charge on any atom is -0.493 e. The fraction of sp³-hybridized carbons (Fsp3) is 0.333. The van der Waals surface area contributed by atoms with Gasteiger partial charge in [0, 0.05) is 6.54 Å². The van der Waals surface area contributed by atoms with Crippen LogP contribution >= 0.6 is 0 Å². The summed E-state index contributed by atoms with van der Waals surface area (Å²) in [6.45, 7) is 3.18. The number of benzene rings is 2. The van der Waals surface area contributed by atoms with Crippen LogP contribution < -0.4 is 14.8 Å².